The highest BCUT2D eigenvalue weighted by molar-refractivity contribution is 5.17. The van der Waals surface area contributed by atoms with Gasteiger partial charge < -0.3 is 5.73 Å². The molecule has 0 bridgehead atoms. The maximum atomic E-state index is 6.17. The van der Waals surface area contributed by atoms with Gasteiger partial charge in [-0.3, -0.25) is 9.36 Å². The molecule has 0 fully saturated rings. The molecule has 17 heavy (non-hydrogen) atoms. The van der Waals surface area contributed by atoms with Crippen molar-refractivity contribution >= 4 is 0 Å². The molecule has 5 heteroatoms. The summed E-state index contributed by atoms with van der Waals surface area (Å²) in [6.07, 6.45) is 5.52. The van der Waals surface area contributed by atoms with Crippen molar-refractivity contribution in [2.24, 2.45) is 19.8 Å². The van der Waals surface area contributed by atoms with Crippen LogP contribution >= 0.6 is 0 Å². The summed E-state index contributed by atoms with van der Waals surface area (Å²) in [4.78, 5) is 0. The summed E-state index contributed by atoms with van der Waals surface area (Å²) in [6.45, 7) is 2.10. The number of hydrogen-bond acceptors (Lipinski definition) is 3. The standard InChI is InChI=1S/C12H19N5/c1-4-10-5-11(17(3)15-10)6-12(13)9-7-14-16(2)8-9/h5,7-8,12H,4,6,13H2,1-3H3. The molecule has 0 spiro atoms. The second-order valence-electron chi connectivity index (χ2n) is 4.36. The van der Waals surface area contributed by atoms with Gasteiger partial charge in [-0.05, 0) is 12.5 Å². The normalized spacial score (nSPS) is 12.9. The second kappa shape index (κ2) is 4.71. The minimum atomic E-state index is -0.0243. The van der Waals surface area contributed by atoms with E-state index in [2.05, 4.69) is 23.2 Å². The van der Waals surface area contributed by atoms with Crippen molar-refractivity contribution in [2.75, 3.05) is 0 Å². The van der Waals surface area contributed by atoms with Crippen molar-refractivity contribution in [3.05, 3.63) is 35.4 Å². The SMILES string of the molecule is CCc1cc(CC(N)c2cnn(C)c2)n(C)n1. The number of nitrogens with zero attached hydrogens (tertiary/aromatic N) is 4. The first-order valence-electron chi connectivity index (χ1n) is 5.86. The molecule has 0 aromatic carbocycles. The highest BCUT2D eigenvalue weighted by Gasteiger charge is 2.12. The maximum absolute atomic E-state index is 6.17. The van der Waals surface area contributed by atoms with Crippen LogP contribution in [0.1, 0.15) is 29.9 Å². The highest BCUT2D eigenvalue weighted by atomic mass is 15.3. The van der Waals surface area contributed by atoms with E-state index >= 15 is 0 Å². The summed E-state index contributed by atoms with van der Waals surface area (Å²) in [5.74, 6) is 0. The molecule has 0 aliphatic rings. The van der Waals surface area contributed by atoms with Crippen LogP contribution in [-0.4, -0.2) is 19.6 Å². The van der Waals surface area contributed by atoms with E-state index in [0.717, 1.165) is 24.1 Å². The molecule has 92 valence electrons. The molecule has 1 unspecified atom stereocenters. The topological polar surface area (TPSA) is 61.7 Å². The van der Waals surface area contributed by atoms with Crippen LogP contribution < -0.4 is 5.73 Å². The summed E-state index contributed by atoms with van der Waals surface area (Å²) >= 11 is 0. The van der Waals surface area contributed by atoms with Gasteiger partial charge in [0.1, 0.15) is 0 Å². The van der Waals surface area contributed by atoms with E-state index in [4.69, 9.17) is 5.73 Å². The van der Waals surface area contributed by atoms with E-state index in [0.29, 0.717) is 0 Å². The smallest absolute Gasteiger partial charge is 0.0624 e. The van der Waals surface area contributed by atoms with Gasteiger partial charge in [0.15, 0.2) is 0 Å². The molecule has 0 saturated heterocycles. The Bertz CT molecular complexity index is 497. The minimum Gasteiger partial charge on any atom is -0.324 e. The lowest BCUT2D eigenvalue weighted by molar-refractivity contribution is 0.637. The van der Waals surface area contributed by atoms with E-state index in [1.807, 2.05) is 31.2 Å². The first kappa shape index (κ1) is 11.9. The molecule has 0 amide bonds. The van der Waals surface area contributed by atoms with Crippen molar-refractivity contribution in [3.63, 3.8) is 0 Å². The van der Waals surface area contributed by atoms with Crippen molar-refractivity contribution in [3.8, 4) is 0 Å². The molecule has 0 saturated carbocycles. The van der Waals surface area contributed by atoms with Gasteiger partial charge in [0.05, 0.1) is 11.9 Å². The first-order valence-corrected chi connectivity index (χ1v) is 5.86. The van der Waals surface area contributed by atoms with Crippen LogP contribution in [0.4, 0.5) is 0 Å². The fourth-order valence-corrected chi connectivity index (χ4v) is 1.91. The molecule has 5 nitrogen and oxygen atoms in total. The molecule has 2 aromatic rings. The van der Waals surface area contributed by atoms with Crippen LogP contribution in [0.2, 0.25) is 0 Å². The van der Waals surface area contributed by atoms with Crippen LogP contribution in [0, 0.1) is 0 Å². The Morgan fingerprint density at radius 2 is 2.18 bits per heavy atom. The van der Waals surface area contributed by atoms with Crippen LogP contribution in [0.3, 0.4) is 0 Å². The van der Waals surface area contributed by atoms with Crippen LogP contribution in [0.25, 0.3) is 0 Å². The van der Waals surface area contributed by atoms with Crippen molar-refractivity contribution in [1.29, 1.82) is 0 Å². The molecule has 0 radical (unpaired) electrons. The van der Waals surface area contributed by atoms with Crippen molar-refractivity contribution < 1.29 is 0 Å². The maximum Gasteiger partial charge on any atom is 0.0624 e. The van der Waals surface area contributed by atoms with Gasteiger partial charge in [0.2, 0.25) is 0 Å². The largest absolute Gasteiger partial charge is 0.324 e. The molecule has 2 aromatic heterocycles. The monoisotopic (exact) mass is 233 g/mol. The minimum absolute atomic E-state index is 0.0243. The number of aromatic nitrogens is 4. The molecule has 1 atom stereocenters. The van der Waals surface area contributed by atoms with Gasteiger partial charge in [0.25, 0.3) is 0 Å². The van der Waals surface area contributed by atoms with Crippen molar-refractivity contribution in [2.45, 2.75) is 25.8 Å². The molecule has 0 aliphatic heterocycles. The number of hydrogen-bond donors (Lipinski definition) is 1. The lowest BCUT2D eigenvalue weighted by Crippen LogP contribution is -2.14. The average Bonchev–Trinajstić information content (AvgIpc) is 2.86. The number of aryl methyl sites for hydroxylation is 3. The summed E-state index contributed by atoms with van der Waals surface area (Å²) < 4.78 is 3.69. The van der Waals surface area contributed by atoms with Gasteiger partial charge in [-0.25, -0.2) is 0 Å². The molecule has 0 aliphatic carbocycles. The molecular formula is C12H19N5. The van der Waals surface area contributed by atoms with Crippen LogP contribution in [-0.2, 0) is 26.9 Å². The summed E-state index contributed by atoms with van der Waals surface area (Å²) in [5.41, 5.74) is 9.50. The summed E-state index contributed by atoms with van der Waals surface area (Å²) in [6, 6.07) is 2.10. The second-order valence-corrected chi connectivity index (χ2v) is 4.36. The van der Waals surface area contributed by atoms with Crippen LogP contribution in [0.15, 0.2) is 18.5 Å². The number of nitrogens with two attached hydrogens (primary N) is 1. The van der Waals surface area contributed by atoms with E-state index in [9.17, 15) is 0 Å². The zero-order valence-electron chi connectivity index (χ0n) is 10.6. The molecular weight excluding hydrogens is 214 g/mol. The first-order chi connectivity index (χ1) is 8.10. The Labute approximate surface area is 101 Å². The third kappa shape index (κ3) is 2.55. The fraction of sp³-hybridized carbons (Fsp3) is 0.500. The zero-order valence-corrected chi connectivity index (χ0v) is 10.6. The van der Waals surface area contributed by atoms with Gasteiger partial charge in [0, 0.05) is 44.0 Å². The Hall–Kier alpha value is -1.62. The Morgan fingerprint density at radius 3 is 2.71 bits per heavy atom. The highest BCUT2D eigenvalue weighted by Crippen LogP contribution is 2.15. The van der Waals surface area contributed by atoms with Gasteiger partial charge in [-0.1, -0.05) is 6.92 Å². The van der Waals surface area contributed by atoms with E-state index in [1.165, 1.54) is 5.69 Å². The van der Waals surface area contributed by atoms with Crippen LogP contribution in [0.5, 0.6) is 0 Å². The predicted octanol–water partition coefficient (Wildman–Crippen LogP) is 0.958. The molecule has 2 rings (SSSR count). The number of rotatable bonds is 4. The van der Waals surface area contributed by atoms with E-state index in [-0.39, 0.29) is 6.04 Å². The average molecular weight is 233 g/mol. The molecule has 2 heterocycles. The molecule has 2 N–H and O–H groups in total. The van der Waals surface area contributed by atoms with Crippen molar-refractivity contribution in [1.82, 2.24) is 19.6 Å². The van der Waals surface area contributed by atoms with E-state index < -0.39 is 0 Å². The Kier molecular flexibility index (Phi) is 3.28. The third-order valence-electron chi connectivity index (χ3n) is 2.97. The summed E-state index contributed by atoms with van der Waals surface area (Å²) in [5, 5.41) is 8.56. The van der Waals surface area contributed by atoms with E-state index in [1.54, 1.807) is 4.68 Å². The predicted molar refractivity (Wildman–Crippen MR) is 66.4 cm³/mol. The fourth-order valence-electron chi connectivity index (χ4n) is 1.91. The van der Waals surface area contributed by atoms with Gasteiger partial charge >= 0.3 is 0 Å². The third-order valence-corrected chi connectivity index (χ3v) is 2.97. The van der Waals surface area contributed by atoms with Gasteiger partial charge in [-0.2, -0.15) is 10.2 Å². The lowest BCUT2D eigenvalue weighted by atomic mass is 10.1. The Balaban J connectivity index is 2.12. The summed E-state index contributed by atoms with van der Waals surface area (Å²) in [7, 11) is 3.86. The lowest BCUT2D eigenvalue weighted by Gasteiger charge is -2.09. The van der Waals surface area contributed by atoms with Gasteiger partial charge in [-0.15, -0.1) is 0 Å². The Morgan fingerprint density at radius 1 is 1.41 bits per heavy atom. The zero-order chi connectivity index (χ0) is 12.4. The quantitative estimate of drug-likeness (QED) is 0.855.